The summed E-state index contributed by atoms with van der Waals surface area (Å²) in [6.45, 7) is 0.800. The van der Waals surface area contributed by atoms with E-state index in [0.717, 1.165) is 22.6 Å². The molecule has 0 fully saturated rings. The number of hydrogen-bond donors (Lipinski definition) is 1. The summed E-state index contributed by atoms with van der Waals surface area (Å²) in [5.41, 5.74) is 2.30. The fourth-order valence-corrected chi connectivity index (χ4v) is 3.68. The summed E-state index contributed by atoms with van der Waals surface area (Å²) in [6, 6.07) is 19.8. The van der Waals surface area contributed by atoms with Crippen LogP contribution in [0.2, 0.25) is 15.1 Å². The highest BCUT2D eigenvalue weighted by Gasteiger charge is 2.13. The Bertz CT molecular complexity index is 1290. The molecule has 1 aromatic heterocycles. The Hall–Kier alpha value is -3.19. The van der Waals surface area contributed by atoms with Gasteiger partial charge in [-0.2, -0.15) is 5.10 Å². The van der Waals surface area contributed by atoms with Gasteiger partial charge in [-0.15, -0.1) is 0 Å². The molecule has 0 bridgehead atoms. The third-order valence-corrected chi connectivity index (χ3v) is 5.97. The molecule has 0 atom stereocenters. The molecule has 1 heterocycles. The molecular weight excluding hydrogens is 497 g/mol. The van der Waals surface area contributed by atoms with Crippen LogP contribution in [0, 0.1) is 0 Å². The van der Waals surface area contributed by atoms with E-state index in [-0.39, 0.29) is 11.7 Å². The molecule has 0 aliphatic rings. The highest BCUT2D eigenvalue weighted by Crippen LogP contribution is 2.25. The number of methoxy groups -OCH3 is 1. The molecule has 3 aromatic carbocycles. The van der Waals surface area contributed by atoms with Crippen LogP contribution in [0.1, 0.15) is 21.5 Å². The maximum absolute atomic E-state index is 12.7. The Morgan fingerprint density at radius 1 is 0.882 bits per heavy atom. The monoisotopic (exact) mass is 515 g/mol. The average Bonchev–Trinajstić information content (AvgIpc) is 3.19. The van der Waals surface area contributed by atoms with Crippen molar-refractivity contribution in [1.82, 2.24) is 9.78 Å². The molecule has 1 amide bonds. The summed E-state index contributed by atoms with van der Waals surface area (Å²) in [6.07, 6.45) is 1.64. The Morgan fingerprint density at radius 3 is 2.24 bits per heavy atom. The van der Waals surface area contributed by atoms with Crippen molar-refractivity contribution in [3.63, 3.8) is 0 Å². The number of aromatic nitrogens is 2. The Morgan fingerprint density at radius 2 is 1.56 bits per heavy atom. The maximum atomic E-state index is 12.7. The van der Waals surface area contributed by atoms with Crippen LogP contribution in [-0.4, -0.2) is 22.8 Å². The number of halogens is 3. The molecule has 34 heavy (non-hydrogen) atoms. The summed E-state index contributed by atoms with van der Waals surface area (Å²) in [5, 5.41) is 8.39. The fraction of sp³-hybridized carbons (Fsp3) is 0.120. The second-order valence-electron chi connectivity index (χ2n) is 7.39. The minimum Gasteiger partial charge on any atom is -0.497 e. The molecule has 6 nitrogen and oxygen atoms in total. The lowest BCUT2D eigenvalue weighted by atomic mass is 10.1. The normalized spacial score (nSPS) is 10.7. The Balaban J connectivity index is 1.35. The van der Waals surface area contributed by atoms with Gasteiger partial charge in [0.1, 0.15) is 23.1 Å². The van der Waals surface area contributed by atoms with Crippen LogP contribution in [0.15, 0.2) is 72.9 Å². The van der Waals surface area contributed by atoms with E-state index < -0.39 is 0 Å². The highest BCUT2D eigenvalue weighted by atomic mass is 35.5. The van der Waals surface area contributed by atoms with Crippen LogP contribution in [-0.2, 0) is 13.2 Å². The number of amides is 1. The van der Waals surface area contributed by atoms with Gasteiger partial charge >= 0.3 is 0 Å². The predicted molar refractivity (Wildman–Crippen MR) is 135 cm³/mol. The fourth-order valence-electron chi connectivity index (χ4n) is 3.16. The van der Waals surface area contributed by atoms with Crippen LogP contribution in [0.3, 0.4) is 0 Å². The second-order valence-corrected chi connectivity index (χ2v) is 8.61. The van der Waals surface area contributed by atoms with Gasteiger partial charge in [0.15, 0.2) is 5.82 Å². The van der Waals surface area contributed by atoms with Crippen LogP contribution in [0.5, 0.6) is 11.5 Å². The number of nitrogens with one attached hydrogen (secondary N) is 1. The number of carbonyl (C=O) groups is 1. The zero-order valence-electron chi connectivity index (χ0n) is 18.1. The molecule has 0 unspecified atom stereocenters. The van der Waals surface area contributed by atoms with Crippen LogP contribution in [0.4, 0.5) is 5.82 Å². The average molecular weight is 517 g/mol. The van der Waals surface area contributed by atoms with Crippen molar-refractivity contribution >= 4 is 46.5 Å². The van der Waals surface area contributed by atoms with Crippen molar-refractivity contribution in [2.75, 3.05) is 12.4 Å². The van der Waals surface area contributed by atoms with Crippen molar-refractivity contribution in [1.29, 1.82) is 0 Å². The highest BCUT2D eigenvalue weighted by molar-refractivity contribution is 6.42. The third kappa shape index (κ3) is 6.03. The van der Waals surface area contributed by atoms with Crippen LogP contribution >= 0.6 is 34.8 Å². The van der Waals surface area contributed by atoms with E-state index in [0.29, 0.717) is 33.8 Å². The van der Waals surface area contributed by atoms with Crippen molar-refractivity contribution in [3.05, 3.63) is 105 Å². The first-order valence-corrected chi connectivity index (χ1v) is 11.4. The van der Waals surface area contributed by atoms with Crippen molar-refractivity contribution in [2.45, 2.75) is 13.2 Å². The molecule has 9 heteroatoms. The molecule has 0 aliphatic carbocycles. The minimum atomic E-state index is -0.315. The Labute approximate surface area is 212 Å². The first-order valence-electron chi connectivity index (χ1n) is 10.3. The lowest BCUT2D eigenvalue weighted by molar-refractivity contribution is 0.102. The van der Waals surface area contributed by atoms with Gasteiger partial charge in [-0.3, -0.25) is 9.48 Å². The summed E-state index contributed by atoms with van der Waals surface area (Å²) < 4.78 is 12.5. The first-order chi connectivity index (χ1) is 16.4. The number of ether oxygens (including phenoxy) is 2. The summed E-state index contributed by atoms with van der Waals surface area (Å²) >= 11 is 18.3. The van der Waals surface area contributed by atoms with Gasteiger partial charge in [0.05, 0.1) is 23.7 Å². The van der Waals surface area contributed by atoms with Crippen molar-refractivity contribution in [3.8, 4) is 11.5 Å². The smallest absolute Gasteiger partial charge is 0.256 e. The number of hydrogen-bond acceptors (Lipinski definition) is 4. The summed E-state index contributed by atoms with van der Waals surface area (Å²) in [5.74, 6) is 1.46. The molecule has 4 aromatic rings. The van der Waals surface area contributed by atoms with Crippen molar-refractivity contribution < 1.29 is 14.3 Å². The van der Waals surface area contributed by atoms with E-state index in [2.05, 4.69) is 10.4 Å². The SMILES string of the molecule is COc1ccc(OCc2ccc(C(=O)Nc3nn(Cc4ccc(Cl)c(Cl)c4)cc3Cl)cc2)cc1. The van der Waals surface area contributed by atoms with Crippen LogP contribution < -0.4 is 14.8 Å². The molecule has 0 aliphatic heterocycles. The van der Waals surface area contributed by atoms with E-state index in [1.54, 1.807) is 42.3 Å². The van der Waals surface area contributed by atoms with Gasteiger partial charge in [0.25, 0.3) is 5.91 Å². The van der Waals surface area contributed by atoms with Crippen molar-refractivity contribution in [2.24, 2.45) is 0 Å². The zero-order chi connectivity index (χ0) is 24.1. The van der Waals surface area contributed by atoms with E-state index >= 15 is 0 Å². The van der Waals surface area contributed by atoms with Gasteiger partial charge < -0.3 is 14.8 Å². The number of carbonyl (C=O) groups excluding carboxylic acids is 1. The summed E-state index contributed by atoms with van der Waals surface area (Å²) in [7, 11) is 1.62. The molecule has 0 saturated carbocycles. The van der Waals surface area contributed by atoms with Gasteiger partial charge in [-0.1, -0.05) is 53.0 Å². The molecule has 0 saturated heterocycles. The van der Waals surface area contributed by atoms with Gasteiger partial charge in [-0.25, -0.2) is 0 Å². The van der Waals surface area contributed by atoms with Gasteiger partial charge in [0.2, 0.25) is 0 Å². The molecular formula is C25H20Cl3N3O3. The number of nitrogens with zero attached hydrogens (tertiary/aromatic N) is 2. The Kier molecular flexibility index (Phi) is 7.63. The quantitative estimate of drug-likeness (QED) is 0.282. The molecule has 4 rings (SSSR count). The standard InChI is InChI=1S/C25H20Cl3N3O3/c1-33-19-7-9-20(10-8-19)34-15-16-2-5-18(6-3-16)25(32)29-24-23(28)14-31(30-24)13-17-4-11-21(26)22(27)12-17/h2-12,14H,13,15H2,1H3,(H,29,30,32). The molecule has 174 valence electrons. The van der Waals surface area contributed by atoms with E-state index in [4.69, 9.17) is 44.3 Å². The van der Waals surface area contributed by atoms with Gasteiger partial charge in [0, 0.05) is 11.8 Å². The minimum absolute atomic E-state index is 0.277. The lowest BCUT2D eigenvalue weighted by Crippen LogP contribution is -2.13. The maximum Gasteiger partial charge on any atom is 0.256 e. The second kappa shape index (κ2) is 10.8. The predicted octanol–water partition coefficient (Wildman–Crippen LogP) is 6.73. The van der Waals surface area contributed by atoms with Crippen LogP contribution in [0.25, 0.3) is 0 Å². The summed E-state index contributed by atoms with van der Waals surface area (Å²) in [4.78, 5) is 12.7. The zero-order valence-corrected chi connectivity index (χ0v) is 20.4. The molecule has 1 N–H and O–H groups in total. The topological polar surface area (TPSA) is 65.4 Å². The number of benzene rings is 3. The van der Waals surface area contributed by atoms with E-state index in [1.165, 1.54) is 0 Å². The molecule has 0 radical (unpaired) electrons. The lowest BCUT2D eigenvalue weighted by Gasteiger charge is -2.08. The largest absolute Gasteiger partial charge is 0.497 e. The number of rotatable bonds is 8. The molecule has 0 spiro atoms. The van der Waals surface area contributed by atoms with E-state index in [1.807, 2.05) is 42.5 Å². The number of anilines is 1. The van der Waals surface area contributed by atoms with Gasteiger partial charge in [-0.05, 0) is 59.7 Å². The van der Waals surface area contributed by atoms with E-state index in [9.17, 15) is 4.79 Å². The third-order valence-electron chi connectivity index (χ3n) is 4.96. The first kappa shape index (κ1) is 24.0.